The van der Waals surface area contributed by atoms with Crippen LogP contribution in [0, 0.1) is 5.41 Å². The minimum absolute atomic E-state index is 0.0192. The maximum Gasteiger partial charge on any atom is 0.258 e. The Bertz CT molecular complexity index is 1180. The number of amides is 2. The van der Waals surface area contributed by atoms with Crippen LogP contribution in [0.5, 0.6) is 0 Å². The molecular weight excluding hydrogens is 408 g/mol. The number of para-hydroxylation sites is 2. The zero-order valence-corrected chi connectivity index (χ0v) is 18.7. The van der Waals surface area contributed by atoms with Gasteiger partial charge >= 0.3 is 0 Å². The maximum atomic E-state index is 13.6. The van der Waals surface area contributed by atoms with Gasteiger partial charge in [0.25, 0.3) is 11.8 Å². The highest BCUT2D eigenvalue weighted by molar-refractivity contribution is 6.08. The first-order chi connectivity index (χ1) is 16.1. The highest BCUT2D eigenvalue weighted by atomic mass is 16.2. The number of carbonyl (C=O) groups excluding carboxylic acids is 2. The molecule has 1 unspecified atom stereocenters. The van der Waals surface area contributed by atoms with Crippen LogP contribution in [0.1, 0.15) is 52.0 Å². The smallest absolute Gasteiger partial charge is 0.258 e. The summed E-state index contributed by atoms with van der Waals surface area (Å²) in [5.74, 6) is -0.208. The fourth-order valence-corrected chi connectivity index (χ4v) is 5.05. The summed E-state index contributed by atoms with van der Waals surface area (Å²) in [4.78, 5) is 28.1. The molecule has 0 radical (unpaired) electrons. The quantitative estimate of drug-likeness (QED) is 0.493. The van der Waals surface area contributed by atoms with Crippen LogP contribution in [0.15, 0.2) is 91.0 Å². The van der Waals surface area contributed by atoms with Gasteiger partial charge in [0.05, 0.1) is 0 Å². The van der Waals surface area contributed by atoms with Crippen molar-refractivity contribution in [3.8, 4) is 0 Å². The highest BCUT2D eigenvalue weighted by Gasteiger charge is 2.35. The summed E-state index contributed by atoms with van der Waals surface area (Å²) in [5, 5.41) is 2.88. The lowest BCUT2D eigenvalue weighted by Crippen LogP contribution is -2.33. The van der Waals surface area contributed by atoms with Gasteiger partial charge < -0.3 is 10.2 Å². The Kier molecular flexibility index (Phi) is 5.82. The number of anilines is 2. The van der Waals surface area contributed by atoms with Gasteiger partial charge in [-0.25, -0.2) is 0 Å². The summed E-state index contributed by atoms with van der Waals surface area (Å²) < 4.78 is 0. The molecule has 1 heterocycles. The summed E-state index contributed by atoms with van der Waals surface area (Å²) >= 11 is 0. The molecule has 1 atom stereocenters. The van der Waals surface area contributed by atoms with Gasteiger partial charge in [0.1, 0.15) is 0 Å². The first-order valence-electron chi connectivity index (χ1n) is 11.7. The molecule has 0 fully saturated rings. The van der Waals surface area contributed by atoms with E-state index < -0.39 is 0 Å². The number of nitrogens with one attached hydrogen (secondary N) is 1. The minimum atomic E-state index is -0.189. The number of carbonyl (C=O) groups is 2. The second kappa shape index (κ2) is 9.07. The van der Waals surface area contributed by atoms with Crippen molar-refractivity contribution in [2.45, 2.75) is 32.1 Å². The van der Waals surface area contributed by atoms with Crippen molar-refractivity contribution >= 4 is 23.2 Å². The SMILES string of the molecule is O=C(Nc1ccccc1)c1ccc(C(=O)N2CCC3(C=CCCC3)Cc3ccccc32)cc1. The summed E-state index contributed by atoms with van der Waals surface area (Å²) in [7, 11) is 0. The van der Waals surface area contributed by atoms with Crippen molar-refractivity contribution in [3.05, 3.63) is 108 Å². The number of hydrogen-bond donors (Lipinski definition) is 1. The van der Waals surface area contributed by atoms with E-state index in [1.807, 2.05) is 41.3 Å². The second-order valence-corrected chi connectivity index (χ2v) is 9.07. The van der Waals surface area contributed by atoms with Crippen molar-refractivity contribution in [2.24, 2.45) is 5.41 Å². The summed E-state index contributed by atoms with van der Waals surface area (Å²) in [6, 6.07) is 24.6. The first kappa shape index (κ1) is 21.2. The monoisotopic (exact) mass is 436 g/mol. The third kappa shape index (κ3) is 4.47. The highest BCUT2D eigenvalue weighted by Crippen LogP contribution is 2.43. The van der Waals surface area contributed by atoms with Crippen molar-refractivity contribution < 1.29 is 9.59 Å². The number of rotatable bonds is 3. The molecule has 0 bridgehead atoms. The Morgan fingerprint density at radius 2 is 1.55 bits per heavy atom. The fraction of sp³-hybridized carbons (Fsp3) is 0.241. The van der Waals surface area contributed by atoms with E-state index >= 15 is 0 Å². The van der Waals surface area contributed by atoms with Crippen molar-refractivity contribution in [1.82, 2.24) is 0 Å². The summed E-state index contributed by atoms with van der Waals surface area (Å²) in [6.07, 6.45) is 10.2. The molecule has 2 aliphatic rings. The van der Waals surface area contributed by atoms with Crippen molar-refractivity contribution in [2.75, 3.05) is 16.8 Å². The molecule has 1 spiro atoms. The van der Waals surface area contributed by atoms with Gasteiger partial charge in [-0.3, -0.25) is 9.59 Å². The zero-order valence-electron chi connectivity index (χ0n) is 18.7. The van der Waals surface area contributed by atoms with Gasteiger partial charge in [0, 0.05) is 29.0 Å². The van der Waals surface area contributed by atoms with Crippen molar-refractivity contribution in [1.29, 1.82) is 0 Å². The predicted octanol–water partition coefficient (Wildman–Crippen LogP) is 6.26. The summed E-state index contributed by atoms with van der Waals surface area (Å²) in [6.45, 7) is 0.691. The molecule has 4 heteroatoms. The Labute approximate surface area is 194 Å². The van der Waals surface area contributed by atoms with Crippen LogP contribution in [-0.2, 0) is 6.42 Å². The van der Waals surface area contributed by atoms with E-state index in [0.29, 0.717) is 17.7 Å². The molecule has 33 heavy (non-hydrogen) atoms. The average molecular weight is 437 g/mol. The van der Waals surface area contributed by atoms with E-state index in [9.17, 15) is 9.59 Å². The number of hydrogen-bond acceptors (Lipinski definition) is 2. The average Bonchev–Trinajstić information content (AvgIpc) is 3.01. The van der Waals surface area contributed by atoms with E-state index in [4.69, 9.17) is 0 Å². The molecule has 3 aromatic carbocycles. The fourth-order valence-electron chi connectivity index (χ4n) is 5.05. The third-order valence-corrected chi connectivity index (χ3v) is 6.85. The molecular formula is C29H28N2O2. The predicted molar refractivity (Wildman–Crippen MR) is 133 cm³/mol. The Morgan fingerprint density at radius 3 is 2.30 bits per heavy atom. The van der Waals surface area contributed by atoms with Crippen LogP contribution >= 0.6 is 0 Å². The molecule has 166 valence electrons. The molecule has 1 N–H and O–H groups in total. The molecule has 2 amide bonds. The summed E-state index contributed by atoms with van der Waals surface area (Å²) in [5.41, 5.74) is 4.24. The van der Waals surface area contributed by atoms with Crippen LogP contribution in [0.4, 0.5) is 11.4 Å². The molecule has 4 nitrogen and oxygen atoms in total. The minimum Gasteiger partial charge on any atom is -0.322 e. The second-order valence-electron chi connectivity index (χ2n) is 9.07. The van der Waals surface area contributed by atoms with Gasteiger partial charge in [-0.1, -0.05) is 48.6 Å². The Morgan fingerprint density at radius 1 is 0.818 bits per heavy atom. The number of benzene rings is 3. The molecule has 0 aromatic heterocycles. The van der Waals surface area contributed by atoms with E-state index in [-0.39, 0.29) is 17.2 Å². The topological polar surface area (TPSA) is 49.4 Å². The van der Waals surface area contributed by atoms with Crippen LogP contribution in [0.25, 0.3) is 0 Å². The Balaban J connectivity index is 1.37. The third-order valence-electron chi connectivity index (χ3n) is 6.85. The standard InChI is InChI=1S/C29H28N2O2/c32-27(30-25-10-3-1-4-11-25)22-13-15-23(16-14-22)28(33)31-20-19-29(17-7-2-8-18-29)21-24-9-5-6-12-26(24)31/h1,3-7,9-17H,2,8,18-21H2,(H,30,32). The maximum absolute atomic E-state index is 13.6. The molecule has 0 saturated carbocycles. The lowest BCUT2D eigenvalue weighted by molar-refractivity contribution is 0.0981. The van der Waals surface area contributed by atoms with E-state index in [2.05, 4.69) is 35.7 Å². The lowest BCUT2D eigenvalue weighted by Gasteiger charge is -2.32. The van der Waals surface area contributed by atoms with E-state index in [0.717, 1.165) is 30.6 Å². The van der Waals surface area contributed by atoms with Gasteiger partial charge in [-0.15, -0.1) is 0 Å². The Hall–Kier alpha value is -3.66. The van der Waals surface area contributed by atoms with Gasteiger partial charge in [0.2, 0.25) is 0 Å². The largest absolute Gasteiger partial charge is 0.322 e. The van der Waals surface area contributed by atoms with Crippen LogP contribution < -0.4 is 10.2 Å². The van der Waals surface area contributed by atoms with Crippen molar-refractivity contribution in [3.63, 3.8) is 0 Å². The lowest BCUT2D eigenvalue weighted by atomic mass is 9.72. The molecule has 0 saturated heterocycles. The van der Waals surface area contributed by atoms with Crippen LogP contribution in [-0.4, -0.2) is 18.4 Å². The van der Waals surface area contributed by atoms with Gasteiger partial charge in [-0.05, 0) is 85.5 Å². The van der Waals surface area contributed by atoms with Gasteiger partial charge in [-0.2, -0.15) is 0 Å². The van der Waals surface area contributed by atoms with E-state index in [1.165, 1.54) is 18.4 Å². The molecule has 1 aliphatic carbocycles. The van der Waals surface area contributed by atoms with Crippen LogP contribution in [0.2, 0.25) is 0 Å². The molecule has 3 aromatic rings. The molecule has 1 aliphatic heterocycles. The van der Waals surface area contributed by atoms with E-state index in [1.54, 1.807) is 24.3 Å². The number of allylic oxidation sites excluding steroid dienone is 2. The van der Waals surface area contributed by atoms with Gasteiger partial charge in [0.15, 0.2) is 0 Å². The normalized spacial score (nSPS) is 19.6. The molecule has 5 rings (SSSR count). The zero-order chi connectivity index (χ0) is 22.7. The number of fused-ring (bicyclic) bond motifs is 1. The van der Waals surface area contributed by atoms with Crippen LogP contribution in [0.3, 0.4) is 0 Å². The number of nitrogens with zero attached hydrogens (tertiary/aromatic N) is 1. The first-order valence-corrected chi connectivity index (χ1v) is 11.7.